The topological polar surface area (TPSA) is 35.5 Å². The monoisotopic (exact) mass is 220 g/mol. The van der Waals surface area contributed by atoms with Gasteiger partial charge in [0.15, 0.2) is 0 Å². The van der Waals surface area contributed by atoms with Crippen molar-refractivity contribution in [3.63, 3.8) is 0 Å². The fourth-order valence-electron chi connectivity index (χ4n) is 1.47. The molecule has 0 spiro atoms. The Balaban J connectivity index is 3.00. The van der Waals surface area contributed by atoms with E-state index in [-0.39, 0.29) is 5.97 Å². The van der Waals surface area contributed by atoms with E-state index in [1.54, 1.807) is 12.1 Å². The summed E-state index contributed by atoms with van der Waals surface area (Å²) in [6, 6.07) is 5.29. The molecule has 1 rings (SSSR count). The second kappa shape index (κ2) is 5.35. The first kappa shape index (κ1) is 12.3. The number of ether oxygens (including phenoxy) is 2. The van der Waals surface area contributed by atoms with E-state index in [0.29, 0.717) is 17.9 Å². The number of rotatable bonds is 4. The summed E-state index contributed by atoms with van der Waals surface area (Å²) >= 11 is 0. The van der Waals surface area contributed by atoms with Gasteiger partial charge >= 0.3 is 5.97 Å². The van der Waals surface area contributed by atoms with Gasteiger partial charge in [0.25, 0.3) is 0 Å². The third kappa shape index (κ3) is 2.63. The zero-order valence-electron chi connectivity index (χ0n) is 9.87. The Kier molecular flexibility index (Phi) is 4.11. The van der Waals surface area contributed by atoms with Crippen LogP contribution < -0.4 is 0 Å². The first-order valence-corrected chi connectivity index (χ1v) is 5.11. The lowest BCUT2D eigenvalue weighted by molar-refractivity contribution is 0.0600. The van der Waals surface area contributed by atoms with Gasteiger partial charge in [-0.15, -0.1) is 0 Å². The molecule has 0 saturated heterocycles. The molecule has 86 valence electrons. The minimum atomic E-state index is -0.336. The molecule has 3 nitrogen and oxygen atoms in total. The van der Waals surface area contributed by atoms with Crippen LogP contribution in [0.5, 0.6) is 0 Å². The van der Waals surface area contributed by atoms with Crippen LogP contribution in [0, 0.1) is 6.92 Å². The van der Waals surface area contributed by atoms with Crippen molar-refractivity contribution < 1.29 is 14.3 Å². The smallest absolute Gasteiger partial charge is 0.337 e. The van der Waals surface area contributed by atoms with Crippen LogP contribution in [-0.2, 0) is 9.47 Å². The van der Waals surface area contributed by atoms with Gasteiger partial charge in [-0.25, -0.2) is 4.79 Å². The summed E-state index contributed by atoms with van der Waals surface area (Å²) in [4.78, 5) is 11.3. The van der Waals surface area contributed by atoms with Crippen molar-refractivity contribution in [2.75, 3.05) is 13.7 Å². The molecule has 0 unspecified atom stereocenters. The molecule has 0 fully saturated rings. The molecule has 0 aliphatic heterocycles. The van der Waals surface area contributed by atoms with Crippen LogP contribution in [0.1, 0.15) is 28.4 Å². The van der Waals surface area contributed by atoms with Crippen LogP contribution in [-0.4, -0.2) is 19.7 Å². The van der Waals surface area contributed by atoms with Gasteiger partial charge in [-0.1, -0.05) is 12.6 Å². The van der Waals surface area contributed by atoms with Crippen molar-refractivity contribution in [2.45, 2.75) is 13.8 Å². The summed E-state index contributed by atoms with van der Waals surface area (Å²) in [5.41, 5.74) is 2.39. The predicted molar refractivity (Wildman–Crippen MR) is 63.2 cm³/mol. The van der Waals surface area contributed by atoms with Crippen molar-refractivity contribution in [3.8, 4) is 0 Å². The molecule has 0 aliphatic rings. The summed E-state index contributed by atoms with van der Waals surface area (Å²) in [7, 11) is 1.37. The first-order chi connectivity index (χ1) is 7.60. The van der Waals surface area contributed by atoms with E-state index >= 15 is 0 Å². The number of esters is 1. The third-order valence-electron chi connectivity index (χ3n) is 2.27. The zero-order valence-corrected chi connectivity index (χ0v) is 9.87. The Bertz CT molecular complexity index is 408. The lowest BCUT2D eigenvalue weighted by atomic mass is 10.0. The van der Waals surface area contributed by atoms with E-state index < -0.39 is 0 Å². The Hall–Kier alpha value is -1.77. The van der Waals surface area contributed by atoms with E-state index in [0.717, 1.165) is 11.1 Å². The maximum absolute atomic E-state index is 11.3. The standard InChI is InChI=1S/C13H16O3/c1-5-16-10(3)12-7-6-11(8-9(12)2)13(14)15-4/h6-8H,3,5H2,1-2,4H3. The Morgan fingerprint density at radius 2 is 2.12 bits per heavy atom. The quantitative estimate of drug-likeness (QED) is 0.578. The fourth-order valence-corrected chi connectivity index (χ4v) is 1.47. The average molecular weight is 220 g/mol. The van der Waals surface area contributed by atoms with Crippen molar-refractivity contribution in [2.24, 2.45) is 0 Å². The first-order valence-electron chi connectivity index (χ1n) is 5.11. The van der Waals surface area contributed by atoms with Gasteiger partial charge < -0.3 is 9.47 Å². The van der Waals surface area contributed by atoms with E-state index in [1.807, 2.05) is 19.9 Å². The largest absolute Gasteiger partial charge is 0.494 e. The highest BCUT2D eigenvalue weighted by atomic mass is 16.5. The van der Waals surface area contributed by atoms with Gasteiger partial charge in [0.1, 0.15) is 5.76 Å². The number of aryl methyl sites for hydroxylation is 1. The van der Waals surface area contributed by atoms with Gasteiger partial charge in [0.2, 0.25) is 0 Å². The second-order valence-corrected chi connectivity index (χ2v) is 3.38. The molecule has 0 saturated carbocycles. The number of carbonyl (C=O) groups is 1. The van der Waals surface area contributed by atoms with Crippen LogP contribution in [0.2, 0.25) is 0 Å². The van der Waals surface area contributed by atoms with E-state index in [4.69, 9.17) is 4.74 Å². The van der Waals surface area contributed by atoms with Gasteiger partial charge in [-0.05, 0) is 31.5 Å². The minimum absolute atomic E-state index is 0.336. The molecule has 1 aromatic rings. The van der Waals surface area contributed by atoms with Gasteiger partial charge in [-0.2, -0.15) is 0 Å². The van der Waals surface area contributed by atoms with Crippen LogP contribution >= 0.6 is 0 Å². The molecule has 0 radical (unpaired) electrons. The summed E-state index contributed by atoms with van der Waals surface area (Å²) in [6.07, 6.45) is 0. The van der Waals surface area contributed by atoms with Gasteiger partial charge in [0, 0.05) is 5.56 Å². The highest BCUT2D eigenvalue weighted by Gasteiger charge is 2.09. The normalized spacial score (nSPS) is 9.69. The highest BCUT2D eigenvalue weighted by Crippen LogP contribution is 2.20. The van der Waals surface area contributed by atoms with Crippen LogP contribution in [0.3, 0.4) is 0 Å². The molecular weight excluding hydrogens is 204 g/mol. The number of methoxy groups -OCH3 is 1. The molecule has 16 heavy (non-hydrogen) atoms. The van der Waals surface area contributed by atoms with Gasteiger partial charge in [0.05, 0.1) is 19.3 Å². The highest BCUT2D eigenvalue weighted by molar-refractivity contribution is 5.90. The lowest BCUT2D eigenvalue weighted by Crippen LogP contribution is -2.02. The predicted octanol–water partition coefficient (Wildman–Crippen LogP) is 2.79. The molecule has 1 aromatic carbocycles. The van der Waals surface area contributed by atoms with Crippen molar-refractivity contribution in [1.82, 2.24) is 0 Å². The molecule has 0 N–H and O–H groups in total. The number of hydrogen-bond acceptors (Lipinski definition) is 3. The summed E-state index contributed by atoms with van der Waals surface area (Å²) in [5, 5.41) is 0. The minimum Gasteiger partial charge on any atom is -0.494 e. The number of carbonyl (C=O) groups excluding carboxylic acids is 1. The van der Waals surface area contributed by atoms with Crippen LogP contribution in [0.15, 0.2) is 24.8 Å². The van der Waals surface area contributed by atoms with E-state index in [1.165, 1.54) is 7.11 Å². The molecule has 0 amide bonds. The summed E-state index contributed by atoms with van der Waals surface area (Å²) in [6.45, 7) is 8.23. The van der Waals surface area contributed by atoms with Crippen molar-refractivity contribution in [3.05, 3.63) is 41.5 Å². The third-order valence-corrected chi connectivity index (χ3v) is 2.27. The molecule has 3 heteroatoms. The fraction of sp³-hybridized carbons (Fsp3) is 0.308. The Labute approximate surface area is 95.7 Å². The average Bonchev–Trinajstić information content (AvgIpc) is 2.28. The van der Waals surface area contributed by atoms with E-state index in [9.17, 15) is 4.79 Å². The van der Waals surface area contributed by atoms with E-state index in [2.05, 4.69) is 11.3 Å². The molecule has 0 heterocycles. The van der Waals surface area contributed by atoms with Crippen LogP contribution in [0.4, 0.5) is 0 Å². The molecule has 0 atom stereocenters. The van der Waals surface area contributed by atoms with Crippen molar-refractivity contribution >= 4 is 11.7 Å². The maximum atomic E-state index is 11.3. The lowest BCUT2D eigenvalue weighted by Gasteiger charge is -2.10. The zero-order chi connectivity index (χ0) is 12.1. The van der Waals surface area contributed by atoms with Gasteiger partial charge in [-0.3, -0.25) is 0 Å². The maximum Gasteiger partial charge on any atom is 0.337 e. The Morgan fingerprint density at radius 3 is 2.62 bits per heavy atom. The van der Waals surface area contributed by atoms with Crippen molar-refractivity contribution in [1.29, 1.82) is 0 Å². The SMILES string of the molecule is C=C(OCC)c1ccc(C(=O)OC)cc1C. The number of benzene rings is 1. The van der Waals surface area contributed by atoms with Crippen LogP contribution in [0.25, 0.3) is 5.76 Å². The summed E-state index contributed by atoms with van der Waals surface area (Å²) in [5.74, 6) is 0.285. The molecule has 0 aromatic heterocycles. The number of hydrogen-bond donors (Lipinski definition) is 0. The Morgan fingerprint density at radius 1 is 1.44 bits per heavy atom. The molecular formula is C13H16O3. The summed E-state index contributed by atoms with van der Waals surface area (Å²) < 4.78 is 9.97. The molecule has 0 bridgehead atoms. The second-order valence-electron chi connectivity index (χ2n) is 3.38. The molecule has 0 aliphatic carbocycles.